The zero-order chi connectivity index (χ0) is 13.1. The summed E-state index contributed by atoms with van der Waals surface area (Å²) in [6, 6.07) is 4.29. The van der Waals surface area contributed by atoms with E-state index in [0.717, 1.165) is 0 Å². The molecule has 0 heterocycles. The molecule has 0 spiro atoms. The molecule has 0 amide bonds. The van der Waals surface area contributed by atoms with E-state index in [1.54, 1.807) is 0 Å². The summed E-state index contributed by atoms with van der Waals surface area (Å²) in [6.07, 6.45) is 0. The van der Waals surface area contributed by atoms with Gasteiger partial charge in [0.2, 0.25) is 16.1 Å². The Morgan fingerprint density at radius 2 is 2.00 bits per heavy atom. The molecule has 1 aromatic rings. The molecular weight excluding hydrogens is 334 g/mol. The summed E-state index contributed by atoms with van der Waals surface area (Å²) in [6.45, 7) is 0. The average Bonchev–Trinajstić information content (AvgIpc) is 2.25. The molecule has 94 valence electrons. The van der Waals surface area contributed by atoms with Crippen molar-refractivity contribution < 1.29 is 82.0 Å². The van der Waals surface area contributed by atoms with Crippen molar-refractivity contribution >= 4 is 36.9 Å². The Balaban J connectivity index is 0. The number of hydrogen-bond donors (Lipinski definition) is 0. The SMILES string of the molecule is COC(=O)c1ccc(C[S+]=S(=O)([O-])[O-])c(Cl)c1.[Na+].[Na+]. The number of halogens is 1. The Morgan fingerprint density at radius 1 is 1.42 bits per heavy atom. The largest absolute Gasteiger partial charge is 1.00 e. The smallest absolute Gasteiger partial charge is 0.746 e. The van der Waals surface area contributed by atoms with Gasteiger partial charge in [0.25, 0.3) is 0 Å². The van der Waals surface area contributed by atoms with Crippen LogP contribution in [0.3, 0.4) is 0 Å². The van der Waals surface area contributed by atoms with Gasteiger partial charge in [-0.2, -0.15) is 0 Å². The predicted octanol–water partition coefficient (Wildman–Crippen LogP) is -4.82. The molecule has 0 atom stereocenters. The van der Waals surface area contributed by atoms with E-state index in [1.807, 2.05) is 0 Å². The van der Waals surface area contributed by atoms with E-state index >= 15 is 0 Å². The summed E-state index contributed by atoms with van der Waals surface area (Å²) in [5.74, 6) is -0.603. The van der Waals surface area contributed by atoms with Crippen molar-refractivity contribution in [1.29, 1.82) is 0 Å². The molecule has 0 aliphatic rings. The molecule has 1 aromatic carbocycles. The second-order valence-electron chi connectivity index (χ2n) is 2.97. The molecule has 0 fully saturated rings. The standard InChI is InChI=1S/C9H9ClO5S2.2Na/c1-15-9(11)6-2-3-7(8(10)4-6)5-16-17(12,13)14;;/h2-4H,5H2,1H3,(H-,12,13,14);;/q;2*+1/p-1. The van der Waals surface area contributed by atoms with Gasteiger partial charge in [-0.15, -0.1) is 0 Å². The number of methoxy groups -OCH3 is 1. The van der Waals surface area contributed by atoms with Gasteiger partial charge >= 0.3 is 65.1 Å². The minimum Gasteiger partial charge on any atom is -0.746 e. The fraction of sp³-hybridized carbons (Fsp3) is 0.222. The molecular formula is C9H8ClNa2O5S2+. The summed E-state index contributed by atoms with van der Waals surface area (Å²) in [7, 11) is -2.88. The van der Waals surface area contributed by atoms with Crippen molar-refractivity contribution in [1.82, 2.24) is 0 Å². The summed E-state index contributed by atoms with van der Waals surface area (Å²) in [5.41, 5.74) is 0.722. The Kier molecular flexibility index (Phi) is 12.0. The number of benzene rings is 1. The number of rotatable bonds is 3. The number of hydrogen-bond acceptors (Lipinski definition) is 5. The van der Waals surface area contributed by atoms with Crippen LogP contribution in [0.15, 0.2) is 18.2 Å². The Hall–Kier alpha value is 1.27. The van der Waals surface area contributed by atoms with Crippen LogP contribution in [0.1, 0.15) is 15.9 Å². The van der Waals surface area contributed by atoms with Crippen molar-refractivity contribution in [3.63, 3.8) is 0 Å². The summed E-state index contributed by atoms with van der Waals surface area (Å²) in [4.78, 5) is 11.2. The Labute approximate surface area is 164 Å². The van der Waals surface area contributed by atoms with Gasteiger partial charge in [0.15, 0.2) is 0 Å². The predicted molar refractivity (Wildman–Crippen MR) is 63.6 cm³/mol. The van der Waals surface area contributed by atoms with Gasteiger partial charge in [-0.25, -0.2) is 9.00 Å². The van der Waals surface area contributed by atoms with Crippen molar-refractivity contribution in [2.24, 2.45) is 0 Å². The zero-order valence-corrected chi connectivity index (χ0v) is 17.1. The van der Waals surface area contributed by atoms with E-state index in [1.165, 1.54) is 25.3 Å². The third-order valence-corrected chi connectivity index (χ3v) is 4.12. The maximum Gasteiger partial charge on any atom is 1.00 e. The molecule has 0 radical (unpaired) electrons. The van der Waals surface area contributed by atoms with Gasteiger partial charge in [0, 0.05) is 10.6 Å². The third-order valence-electron chi connectivity index (χ3n) is 1.83. The molecule has 0 saturated heterocycles. The molecule has 0 N–H and O–H groups in total. The first-order chi connectivity index (χ1) is 7.83. The van der Waals surface area contributed by atoms with Crippen LogP contribution in [0.5, 0.6) is 0 Å². The first-order valence-electron chi connectivity index (χ1n) is 4.30. The van der Waals surface area contributed by atoms with E-state index < -0.39 is 15.0 Å². The van der Waals surface area contributed by atoms with Gasteiger partial charge in [0.05, 0.1) is 21.7 Å². The molecule has 0 aliphatic carbocycles. The van der Waals surface area contributed by atoms with Gasteiger partial charge < -0.3 is 13.8 Å². The third kappa shape index (κ3) is 8.33. The molecule has 0 unspecified atom stereocenters. The van der Waals surface area contributed by atoms with Crippen LogP contribution in [-0.4, -0.2) is 26.4 Å². The van der Waals surface area contributed by atoms with Crippen LogP contribution in [0.25, 0.3) is 0 Å². The van der Waals surface area contributed by atoms with Crippen LogP contribution < -0.4 is 59.1 Å². The molecule has 0 aliphatic heterocycles. The van der Waals surface area contributed by atoms with E-state index in [4.69, 9.17) is 11.6 Å². The number of carbonyl (C=O) groups excluding carboxylic acids is 1. The van der Waals surface area contributed by atoms with Crippen LogP contribution in [0.4, 0.5) is 0 Å². The first kappa shape index (κ1) is 22.5. The van der Waals surface area contributed by atoms with Crippen LogP contribution in [0, 0.1) is 0 Å². The van der Waals surface area contributed by atoms with Gasteiger partial charge in [0.1, 0.15) is 0 Å². The maximum absolute atomic E-state index is 11.2. The first-order valence-corrected chi connectivity index (χ1v) is 7.59. The normalized spacial score (nSPS) is 9.89. The monoisotopic (exact) mass is 341 g/mol. The Morgan fingerprint density at radius 3 is 2.42 bits per heavy atom. The molecule has 0 aromatic heterocycles. The van der Waals surface area contributed by atoms with E-state index in [-0.39, 0.29) is 85.8 Å². The van der Waals surface area contributed by atoms with Crippen molar-refractivity contribution in [3.05, 3.63) is 34.3 Å². The van der Waals surface area contributed by atoms with Crippen molar-refractivity contribution in [2.45, 2.75) is 5.75 Å². The molecule has 19 heavy (non-hydrogen) atoms. The van der Waals surface area contributed by atoms with E-state index in [2.05, 4.69) is 4.74 Å². The zero-order valence-electron chi connectivity index (χ0n) is 10.7. The fourth-order valence-corrected chi connectivity index (χ4v) is 2.71. The number of carbonyl (C=O) groups is 1. The topological polar surface area (TPSA) is 89.5 Å². The summed E-state index contributed by atoms with van der Waals surface area (Å²) >= 11 is 5.84. The Bertz CT molecular complexity index is 550. The number of ether oxygens (including phenoxy) is 1. The van der Waals surface area contributed by atoms with E-state index in [0.29, 0.717) is 5.56 Å². The minimum absolute atomic E-state index is 0. The van der Waals surface area contributed by atoms with Crippen molar-refractivity contribution in [2.75, 3.05) is 7.11 Å². The van der Waals surface area contributed by atoms with Gasteiger partial charge in [-0.05, 0) is 12.1 Å². The molecule has 0 bridgehead atoms. The summed E-state index contributed by atoms with van der Waals surface area (Å²) in [5, 5.41) is 0.212. The maximum atomic E-state index is 11.2. The molecule has 10 heteroatoms. The molecule has 5 nitrogen and oxygen atoms in total. The number of esters is 1. The summed E-state index contributed by atoms with van der Waals surface area (Å²) < 4.78 is 35.8. The average molecular weight is 342 g/mol. The fourth-order valence-electron chi connectivity index (χ4n) is 1.04. The van der Waals surface area contributed by atoms with Crippen LogP contribution in [0.2, 0.25) is 5.02 Å². The van der Waals surface area contributed by atoms with Crippen LogP contribution in [-0.2, 0) is 29.9 Å². The second-order valence-corrected chi connectivity index (χ2v) is 6.65. The van der Waals surface area contributed by atoms with E-state index in [9.17, 15) is 18.1 Å². The van der Waals surface area contributed by atoms with Gasteiger partial charge in [-0.3, -0.25) is 0 Å². The molecule has 1 rings (SSSR count). The molecule has 0 saturated carbocycles. The van der Waals surface area contributed by atoms with Crippen LogP contribution >= 0.6 is 11.6 Å². The van der Waals surface area contributed by atoms with Gasteiger partial charge in [-0.1, -0.05) is 17.7 Å². The minimum atomic E-state index is -4.35. The quantitative estimate of drug-likeness (QED) is 0.313. The van der Waals surface area contributed by atoms with Crippen molar-refractivity contribution in [3.8, 4) is 0 Å². The second kappa shape index (κ2) is 10.1.